The van der Waals surface area contributed by atoms with E-state index in [4.69, 9.17) is 4.74 Å². The van der Waals surface area contributed by atoms with E-state index in [1.165, 1.54) is 31.7 Å². The summed E-state index contributed by atoms with van der Waals surface area (Å²) in [7, 11) is 4.31. The van der Waals surface area contributed by atoms with Gasteiger partial charge in [-0.05, 0) is 75.5 Å². The molecule has 1 aliphatic carbocycles. The van der Waals surface area contributed by atoms with E-state index >= 15 is 0 Å². The molecular weight excluding hydrogens is 502 g/mol. The fourth-order valence-corrected chi connectivity index (χ4v) is 5.54. The second-order valence-corrected chi connectivity index (χ2v) is 10.7. The third-order valence-corrected chi connectivity index (χ3v) is 7.86. The first kappa shape index (κ1) is 25.7. The van der Waals surface area contributed by atoms with Gasteiger partial charge in [0.1, 0.15) is 0 Å². The van der Waals surface area contributed by atoms with Gasteiger partial charge in [-0.25, -0.2) is 15.0 Å². The molecule has 0 spiro atoms. The molecule has 3 heterocycles. The molecule has 1 fully saturated rings. The normalized spacial score (nSPS) is 17.4. The van der Waals surface area contributed by atoms with E-state index in [9.17, 15) is 10.1 Å². The molecule has 0 radical (unpaired) electrons. The number of nitrogens with zero attached hydrogens (tertiary/aromatic N) is 7. The van der Waals surface area contributed by atoms with Gasteiger partial charge in [-0.1, -0.05) is 18.2 Å². The van der Waals surface area contributed by atoms with Crippen LogP contribution < -0.4 is 10.3 Å². The van der Waals surface area contributed by atoms with Gasteiger partial charge in [-0.15, -0.1) is 0 Å². The second kappa shape index (κ2) is 10.9. The Morgan fingerprint density at radius 3 is 2.60 bits per heavy atom. The molecule has 0 atom stereocenters. The topological polar surface area (TPSA) is 101 Å². The zero-order valence-electron chi connectivity index (χ0n) is 22.7. The van der Waals surface area contributed by atoms with Crippen LogP contribution in [0.25, 0.3) is 28.2 Å². The molecule has 0 amide bonds. The van der Waals surface area contributed by atoms with Gasteiger partial charge in [0.15, 0.2) is 11.6 Å². The summed E-state index contributed by atoms with van der Waals surface area (Å²) in [5, 5.41) is 9.29. The molecule has 1 aliphatic rings. The third kappa shape index (κ3) is 5.18. The first-order valence-electron chi connectivity index (χ1n) is 13.6. The maximum atomic E-state index is 12.9. The van der Waals surface area contributed by atoms with Crippen molar-refractivity contribution in [1.82, 2.24) is 28.8 Å². The van der Waals surface area contributed by atoms with Gasteiger partial charge in [0.2, 0.25) is 5.78 Å². The van der Waals surface area contributed by atoms with Crippen LogP contribution in [0.2, 0.25) is 0 Å². The first-order valence-corrected chi connectivity index (χ1v) is 13.6. The number of benzene rings is 2. The van der Waals surface area contributed by atoms with Crippen molar-refractivity contribution in [2.24, 2.45) is 5.92 Å². The highest BCUT2D eigenvalue weighted by Gasteiger charge is 2.23. The SMILES string of the molecule is CN(C)C1CCC(COc2cnc(-c3cccc(Cn4c(=O)ccn5c6cc(C#N)ccc6nc45)c3)nc2)CC1. The second-order valence-electron chi connectivity index (χ2n) is 10.7. The van der Waals surface area contributed by atoms with Crippen molar-refractivity contribution in [3.63, 3.8) is 0 Å². The minimum atomic E-state index is -0.151. The van der Waals surface area contributed by atoms with Gasteiger partial charge < -0.3 is 9.64 Å². The quantitative estimate of drug-likeness (QED) is 0.303. The number of fused-ring (bicyclic) bond motifs is 3. The first-order chi connectivity index (χ1) is 19.5. The van der Waals surface area contributed by atoms with Gasteiger partial charge in [-0.2, -0.15) is 5.26 Å². The number of hydrogen-bond donors (Lipinski definition) is 0. The molecule has 0 aliphatic heterocycles. The Labute approximate surface area is 232 Å². The van der Waals surface area contributed by atoms with Crippen LogP contribution in [-0.4, -0.2) is 55.6 Å². The lowest BCUT2D eigenvalue weighted by atomic mass is 9.86. The molecule has 0 saturated heterocycles. The largest absolute Gasteiger partial charge is 0.490 e. The predicted molar refractivity (Wildman–Crippen MR) is 153 cm³/mol. The number of aromatic nitrogens is 5. The van der Waals surface area contributed by atoms with E-state index < -0.39 is 0 Å². The predicted octanol–water partition coefficient (Wildman–Crippen LogP) is 4.53. The number of ether oxygens (including phenoxy) is 1. The lowest BCUT2D eigenvalue weighted by molar-refractivity contribution is 0.151. The zero-order chi connectivity index (χ0) is 27.6. The van der Waals surface area contributed by atoms with Gasteiger partial charge in [0, 0.05) is 23.9 Å². The van der Waals surface area contributed by atoms with Crippen LogP contribution in [0, 0.1) is 17.2 Å². The summed E-state index contributed by atoms with van der Waals surface area (Å²) >= 11 is 0. The van der Waals surface area contributed by atoms with Crippen molar-refractivity contribution in [2.45, 2.75) is 38.3 Å². The van der Waals surface area contributed by atoms with Crippen molar-refractivity contribution in [3.05, 3.63) is 88.6 Å². The number of imidazole rings is 1. The average Bonchev–Trinajstić information content (AvgIpc) is 3.36. The van der Waals surface area contributed by atoms with Gasteiger partial charge in [0.25, 0.3) is 5.56 Å². The minimum Gasteiger partial charge on any atom is -0.490 e. The fraction of sp³-hybridized carbons (Fsp3) is 0.323. The van der Waals surface area contributed by atoms with Crippen molar-refractivity contribution < 1.29 is 4.74 Å². The molecule has 40 heavy (non-hydrogen) atoms. The summed E-state index contributed by atoms with van der Waals surface area (Å²) < 4.78 is 9.50. The maximum absolute atomic E-state index is 12.9. The summed E-state index contributed by atoms with van der Waals surface area (Å²) in [5.41, 5.74) is 3.69. The smallest absolute Gasteiger partial charge is 0.255 e. The third-order valence-electron chi connectivity index (χ3n) is 7.86. The van der Waals surface area contributed by atoms with E-state index in [1.807, 2.05) is 28.7 Å². The van der Waals surface area contributed by atoms with Gasteiger partial charge >= 0.3 is 0 Å². The maximum Gasteiger partial charge on any atom is 0.255 e. The van der Waals surface area contributed by atoms with Crippen LogP contribution in [0.5, 0.6) is 5.75 Å². The molecule has 5 aromatic rings. The highest BCUT2D eigenvalue weighted by atomic mass is 16.5. The van der Waals surface area contributed by atoms with Crippen LogP contribution in [0.15, 0.2) is 71.9 Å². The molecule has 0 bridgehead atoms. The van der Waals surface area contributed by atoms with E-state index in [0.717, 1.165) is 22.2 Å². The summed E-state index contributed by atoms with van der Waals surface area (Å²) in [5.74, 6) is 2.37. The fourth-order valence-electron chi connectivity index (χ4n) is 5.54. The van der Waals surface area contributed by atoms with Crippen LogP contribution in [0.3, 0.4) is 0 Å². The van der Waals surface area contributed by atoms with E-state index in [1.54, 1.807) is 41.4 Å². The highest BCUT2D eigenvalue weighted by Crippen LogP contribution is 2.27. The number of rotatable bonds is 7. The standard InChI is InChI=1S/C31H31N7O2/c1-36(2)25-9-6-21(7-10-25)20-40-26-17-33-30(34-18-26)24-5-3-4-23(14-24)19-38-29(39)12-13-37-28-15-22(16-32)8-11-27(28)35-31(37)38/h3-5,8,11-15,17-18,21,25H,6-7,9-10,19-20H2,1-2H3. The average molecular weight is 534 g/mol. The van der Waals surface area contributed by atoms with Crippen LogP contribution in [0.4, 0.5) is 0 Å². The summed E-state index contributed by atoms with van der Waals surface area (Å²) in [4.78, 5) is 29.0. The molecule has 0 N–H and O–H groups in total. The highest BCUT2D eigenvalue weighted by molar-refractivity contribution is 5.81. The molecule has 202 valence electrons. The molecule has 6 rings (SSSR count). The molecular formula is C31H31N7O2. The number of hydrogen-bond acceptors (Lipinski definition) is 7. The molecule has 3 aromatic heterocycles. The van der Waals surface area contributed by atoms with Crippen molar-refractivity contribution >= 4 is 16.8 Å². The molecule has 9 heteroatoms. The van der Waals surface area contributed by atoms with Crippen LogP contribution in [-0.2, 0) is 6.54 Å². The zero-order valence-corrected chi connectivity index (χ0v) is 22.7. The lowest BCUT2D eigenvalue weighted by Gasteiger charge is -2.32. The van der Waals surface area contributed by atoms with Crippen molar-refractivity contribution in [2.75, 3.05) is 20.7 Å². The van der Waals surface area contributed by atoms with E-state index in [-0.39, 0.29) is 5.56 Å². The Hall–Kier alpha value is -4.55. The molecule has 2 aromatic carbocycles. The minimum absolute atomic E-state index is 0.151. The Morgan fingerprint density at radius 2 is 1.85 bits per heavy atom. The Bertz CT molecular complexity index is 1760. The summed E-state index contributed by atoms with van der Waals surface area (Å²) in [6.07, 6.45) is 9.96. The summed E-state index contributed by atoms with van der Waals surface area (Å²) in [6, 6.07) is 17.5. The molecule has 9 nitrogen and oxygen atoms in total. The van der Waals surface area contributed by atoms with Gasteiger partial charge in [0.05, 0.1) is 48.2 Å². The summed E-state index contributed by atoms with van der Waals surface area (Å²) in [6.45, 7) is 1.03. The van der Waals surface area contributed by atoms with Crippen LogP contribution >= 0.6 is 0 Å². The van der Waals surface area contributed by atoms with E-state index in [2.05, 4.69) is 40.0 Å². The van der Waals surface area contributed by atoms with Crippen LogP contribution in [0.1, 0.15) is 36.8 Å². The number of nitriles is 1. The molecule has 1 saturated carbocycles. The van der Waals surface area contributed by atoms with Crippen molar-refractivity contribution in [3.8, 4) is 23.2 Å². The van der Waals surface area contributed by atoms with E-state index in [0.29, 0.717) is 48.0 Å². The van der Waals surface area contributed by atoms with Gasteiger partial charge in [-0.3, -0.25) is 13.8 Å². The Balaban J connectivity index is 1.17. The lowest BCUT2D eigenvalue weighted by Crippen LogP contribution is -2.33. The monoisotopic (exact) mass is 533 g/mol. The Morgan fingerprint density at radius 1 is 1.05 bits per heavy atom. The van der Waals surface area contributed by atoms with Crippen molar-refractivity contribution in [1.29, 1.82) is 5.26 Å². The molecule has 0 unspecified atom stereocenters. The Kier molecular flexibility index (Phi) is 7.01.